The van der Waals surface area contributed by atoms with Gasteiger partial charge in [-0.3, -0.25) is 4.79 Å². The number of rotatable bonds is 1. The van der Waals surface area contributed by atoms with E-state index >= 15 is 0 Å². The number of carbonyl (C=O) groups excluding carboxylic acids is 2. The predicted octanol–water partition coefficient (Wildman–Crippen LogP) is 0.447. The molecule has 0 aromatic carbocycles. The van der Waals surface area contributed by atoms with Gasteiger partial charge in [0.05, 0.1) is 0 Å². The second-order valence-corrected chi connectivity index (χ2v) is 2.25. The zero-order valence-electron chi connectivity index (χ0n) is 5.88. The molecule has 1 rings (SSSR count). The van der Waals surface area contributed by atoms with Crippen molar-refractivity contribution in [2.24, 2.45) is 0 Å². The van der Waals surface area contributed by atoms with Crippen LogP contribution in [0.15, 0.2) is 11.6 Å². The Morgan fingerprint density at radius 2 is 2.30 bits per heavy atom. The average Bonchev–Trinajstić information content (AvgIpc) is 2.10. The van der Waals surface area contributed by atoms with Gasteiger partial charge in [-0.05, 0) is 19.9 Å². The van der Waals surface area contributed by atoms with Crippen molar-refractivity contribution in [3.8, 4) is 0 Å². The summed E-state index contributed by atoms with van der Waals surface area (Å²) < 4.78 is 4.68. The van der Waals surface area contributed by atoms with Crippen molar-refractivity contribution in [3.05, 3.63) is 11.6 Å². The zero-order valence-corrected chi connectivity index (χ0v) is 5.88. The summed E-state index contributed by atoms with van der Waals surface area (Å²) in [6, 6.07) is 0. The molecule has 0 radical (unpaired) electrons. The molecule has 3 nitrogen and oxygen atoms in total. The maximum absolute atomic E-state index is 10.7. The van der Waals surface area contributed by atoms with Gasteiger partial charge >= 0.3 is 5.97 Å². The molecule has 0 aromatic heterocycles. The minimum absolute atomic E-state index is 0.174. The molecule has 0 bridgehead atoms. The van der Waals surface area contributed by atoms with Crippen LogP contribution in [0.5, 0.6) is 0 Å². The van der Waals surface area contributed by atoms with E-state index in [0.29, 0.717) is 0 Å². The highest BCUT2D eigenvalue weighted by atomic mass is 16.5. The summed E-state index contributed by atoms with van der Waals surface area (Å²) in [7, 11) is 0. The number of cyclic esters (lactones) is 1. The maximum atomic E-state index is 10.7. The average molecular weight is 140 g/mol. The predicted molar refractivity (Wildman–Crippen MR) is 34.3 cm³/mol. The molecule has 0 N–H and O–H groups in total. The van der Waals surface area contributed by atoms with E-state index in [1.54, 1.807) is 6.92 Å². The van der Waals surface area contributed by atoms with Gasteiger partial charge < -0.3 is 4.74 Å². The lowest BCUT2D eigenvalue weighted by molar-refractivity contribution is -0.139. The lowest BCUT2D eigenvalue weighted by Crippen LogP contribution is -2.07. The molecule has 0 fully saturated rings. The third kappa shape index (κ3) is 1.07. The molecule has 1 heterocycles. The van der Waals surface area contributed by atoms with Crippen molar-refractivity contribution >= 4 is 11.8 Å². The Labute approximate surface area is 58.7 Å². The molecular formula is C7H8O3. The quantitative estimate of drug-likeness (QED) is 0.392. The zero-order chi connectivity index (χ0) is 7.72. The molecule has 1 aliphatic heterocycles. The van der Waals surface area contributed by atoms with Crippen molar-refractivity contribution in [2.45, 2.75) is 20.0 Å². The first-order valence-electron chi connectivity index (χ1n) is 3.05. The minimum atomic E-state index is -0.500. The van der Waals surface area contributed by atoms with Gasteiger partial charge in [0, 0.05) is 0 Å². The van der Waals surface area contributed by atoms with Crippen LogP contribution in [0.2, 0.25) is 0 Å². The van der Waals surface area contributed by atoms with E-state index in [9.17, 15) is 9.59 Å². The van der Waals surface area contributed by atoms with E-state index in [-0.39, 0.29) is 17.5 Å². The third-order valence-corrected chi connectivity index (χ3v) is 1.29. The molecule has 0 aromatic rings. The SMILES string of the molecule is CC(=O)C1=CC(C)OC1=O. The van der Waals surface area contributed by atoms with Crippen molar-refractivity contribution in [3.63, 3.8) is 0 Å². The Bertz CT molecular complexity index is 215. The number of ketones is 1. The molecule has 0 saturated heterocycles. The van der Waals surface area contributed by atoms with Gasteiger partial charge in [0.2, 0.25) is 0 Å². The van der Waals surface area contributed by atoms with Gasteiger partial charge in [0.15, 0.2) is 5.78 Å². The second-order valence-electron chi connectivity index (χ2n) is 2.25. The summed E-state index contributed by atoms with van der Waals surface area (Å²) in [5, 5.41) is 0. The van der Waals surface area contributed by atoms with E-state index in [4.69, 9.17) is 0 Å². The van der Waals surface area contributed by atoms with Crippen molar-refractivity contribution in [2.75, 3.05) is 0 Å². The van der Waals surface area contributed by atoms with Crippen LogP contribution < -0.4 is 0 Å². The summed E-state index contributed by atoms with van der Waals surface area (Å²) in [6.07, 6.45) is 1.29. The van der Waals surface area contributed by atoms with Crippen LogP contribution in [0.25, 0.3) is 0 Å². The normalized spacial score (nSPS) is 24.0. The van der Waals surface area contributed by atoms with Crippen LogP contribution in [0.4, 0.5) is 0 Å². The summed E-state index contributed by atoms with van der Waals surface area (Å²) in [5.41, 5.74) is 0.174. The fourth-order valence-electron chi connectivity index (χ4n) is 0.830. The lowest BCUT2D eigenvalue weighted by atomic mass is 10.2. The first-order valence-corrected chi connectivity index (χ1v) is 3.05. The third-order valence-electron chi connectivity index (χ3n) is 1.29. The minimum Gasteiger partial charge on any atom is -0.455 e. The summed E-state index contributed by atoms with van der Waals surface area (Å²) >= 11 is 0. The van der Waals surface area contributed by atoms with Crippen LogP contribution in [0, 0.1) is 0 Å². The number of hydrogen-bond acceptors (Lipinski definition) is 3. The van der Waals surface area contributed by atoms with Gasteiger partial charge in [-0.1, -0.05) is 0 Å². The molecule has 0 spiro atoms. The van der Waals surface area contributed by atoms with Gasteiger partial charge in [0.25, 0.3) is 0 Å². The van der Waals surface area contributed by atoms with Gasteiger partial charge in [-0.25, -0.2) is 4.79 Å². The molecule has 10 heavy (non-hydrogen) atoms. The number of Topliss-reactive ketones (excluding diaryl/α,β-unsaturated/α-hetero) is 1. The Kier molecular flexibility index (Phi) is 1.57. The van der Waals surface area contributed by atoms with Gasteiger partial charge in [-0.15, -0.1) is 0 Å². The molecule has 0 amide bonds. The van der Waals surface area contributed by atoms with Crippen molar-refractivity contribution in [1.82, 2.24) is 0 Å². The summed E-state index contributed by atoms with van der Waals surface area (Å²) in [4.78, 5) is 21.3. The monoisotopic (exact) mass is 140 g/mol. The summed E-state index contributed by atoms with van der Waals surface area (Å²) in [6.45, 7) is 3.07. The first-order chi connectivity index (χ1) is 4.61. The van der Waals surface area contributed by atoms with E-state index in [1.807, 2.05) is 0 Å². The highest BCUT2D eigenvalue weighted by Gasteiger charge is 2.24. The number of carbonyl (C=O) groups is 2. The molecule has 0 aliphatic carbocycles. The second kappa shape index (κ2) is 2.25. The molecule has 54 valence electrons. The fourth-order valence-corrected chi connectivity index (χ4v) is 0.830. The molecule has 1 aliphatic rings. The molecule has 1 atom stereocenters. The Hall–Kier alpha value is -1.12. The van der Waals surface area contributed by atoms with E-state index in [0.717, 1.165) is 0 Å². The number of ether oxygens (including phenoxy) is 1. The summed E-state index contributed by atoms with van der Waals surface area (Å²) in [5.74, 6) is -0.727. The first kappa shape index (κ1) is 6.99. The number of esters is 1. The molecule has 1 unspecified atom stereocenters. The Balaban J connectivity index is 2.85. The van der Waals surface area contributed by atoms with Crippen LogP contribution in [0.1, 0.15) is 13.8 Å². The van der Waals surface area contributed by atoms with Crippen LogP contribution in [-0.4, -0.2) is 17.9 Å². The smallest absolute Gasteiger partial charge is 0.342 e. The Morgan fingerprint density at radius 1 is 1.70 bits per heavy atom. The molecule has 3 heteroatoms. The van der Waals surface area contributed by atoms with Crippen molar-refractivity contribution < 1.29 is 14.3 Å². The van der Waals surface area contributed by atoms with E-state index < -0.39 is 5.97 Å². The standard InChI is InChI=1S/C7H8O3/c1-4-3-6(5(2)8)7(9)10-4/h3-4H,1-2H3. The molecule has 0 saturated carbocycles. The van der Waals surface area contributed by atoms with Crippen LogP contribution >= 0.6 is 0 Å². The molecular weight excluding hydrogens is 132 g/mol. The van der Waals surface area contributed by atoms with Crippen molar-refractivity contribution in [1.29, 1.82) is 0 Å². The van der Waals surface area contributed by atoms with E-state index in [1.165, 1.54) is 13.0 Å². The largest absolute Gasteiger partial charge is 0.455 e. The van der Waals surface area contributed by atoms with Crippen LogP contribution in [-0.2, 0) is 14.3 Å². The fraction of sp³-hybridized carbons (Fsp3) is 0.429. The van der Waals surface area contributed by atoms with E-state index in [2.05, 4.69) is 4.74 Å². The highest BCUT2D eigenvalue weighted by Crippen LogP contribution is 2.13. The lowest BCUT2D eigenvalue weighted by Gasteiger charge is -1.96. The number of hydrogen-bond donors (Lipinski definition) is 0. The van der Waals surface area contributed by atoms with Gasteiger partial charge in [0.1, 0.15) is 11.7 Å². The topological polar surface area (TPSA) is 43.4 Å². The maximum Gasteiger partial charge on any atom is 0.342 e. The van der Waals surface area contributed by atoms with Crippen LogP contribution in [0.3, 0.4) is 0 Å². The Morgan fingerprint density at radius 3 is 2.50 bits per heavy atom. The highest BCUT2D eigenvalue weighted by molar-refractivity contribution is 6.17. The van der Waals surface area contributed by atoms with Gasteiger partial charge in [-0.2, -0.15) is 0 Å².